The van der Waals surface area contributed by atoms with Crippen LogP contribution in [-0.2, 0) is 4.79 Å². The summed E-state index contributed by atoms with van der Waals surface area (Å²) in [6.45, 7) is 6.52. The van der Waals surface area contributed by atoms with Gasteiger partial charge in [-0.05, 0) is 57.1 Å². The van der Waals surface area contributed by atoms with Crippen molar-refractivity contribution in [3.8, 4) is 17.0 Å². The Labute approximate surface area is 237 Å². The number of carbonyl (C=O) groups is 1. The van der Waals surface area contributed by atoms with Crippen LogP contribution in [0.5, 0.6) is 5.75 Å². The van der Waals surface area contributed by atoms with E-state index < -0.39 is 0 Å². The Bertz CT molecular complexity index is 1600. The Morgan fingerprint density at radius 3 is 2.85 bits per heavy atom. The van der Waals surface area contributed by atoms with E-state index in [0.29, 0.717) is 33.8 Å². The van der Waals surface area contributed by atoms with Crippen molar-refractivity contribution in [2.24, 2.45) is 0 Å². The van der Waals surface area contributed by atoms with Crippen molar-refractivity contribution >= 4 is 46.0 Å². The second kappa shape index (κ2) is 10.4. The molecule has 0 radical (unpaired) electrons. The fourth-order valence-electron chi connectivity index (χ4n) is 5.89. The zero-order chi connectivity index (χ0) is 27.9. The van der Waals surface area contributed by atoms with Crippen LogP contribution in [0.25, 0.3) is 16.8 Å². The summed E-state index contributed by atoms with van der Waals surface area (Å²) in [6, 6.07) is 9.61. The van der Waals surface area contributed by atoms with Crippen LogP contribution in [0.4, 0.5) is 23.0 Å². The number of nitrogens with zero attached hydrogens (tertiary/aromatic N) is 6. The van der Waals surface area contributed by atoms with Gasteiger partial charge in [0.05, 0.1) is 52.8 Å². The first-order valence-corrected chi connectivity index (χ1v) is 13.6. The molecule has 1 aromatic carbocycles. The first-order chi connectivity index (χ1) is 19.4. The molecular formula is C29H31ClN8O2. The lowest BCUT2D eigenvalue weighted by Gasteiger charge is -2.33. The van der Waals surface area contributed by atoms with Crippen molar-refractivity contribution < 1.29 is 9.53 Å². The van der Waals surface area contributed by atoms with E-state index in [1.54, 1.807) is 24.0 Å². The van der Waals surface area contributed by atoms with E-state index >= 15 is 0 Å². The fraction of sp³-hybridized carbons (Fsp3) is 0.310. The summed E-state index contributed by atoms with van der Waals surface area (Å²) in [7, 11) is 3.83. The van der Waals surface area contributed by atoms with Gasteiger partial charge < -0.3 is 20.3 Å². The molecule has 0 unspecified atom stereocenters. The average Bonchev–Trinajstić information content (AvgIpc) is 3.69. The van der Waals surface area contributed by atoms with E-state index in [0.717, 1.165) is 42.8 Å². The van der Waals surface area contributed by atoms with Crippen LogP contribution in [-0.4, -0.2) is 69.7 Å². The second-order valence-corrected chi connectivity index (χ2v) is 10.7. The molecule has 2 aliphatic heterocycles. The zero-order valence-corrected chi connectivity index (χ0v) is 23.3. The Hall–Kier alpha value is -4.15. The van der Waals surface area contributed by atoms with E-state index in [4.69, 9.17) is 21.3 Å². The zero-order valence-electron chi connectivity index (χ0n) is 22.5. The summed E-state index contributed by atoms with van der Waals surface area (Å²) < 4.78 is 7.57. The van der Waals surface area contributed by atoms with Gasteiger partial charge in [-0.25, -0.2) is 14.5 Å². The lowest BCUT2D eigenvalue weighted by atomic mass is 9.96. The highest BCUT2D eigenvalue weighted by Crippen LogP contribution is 2.44. The monoisotopic (exact) mass is 558 g/mol. The third-order valence-electron chi connectivity index (χ3n) is 8.05. The molecule has 10 nitrogen and oxygen atoms in total. The lowest BCUT2D eigenvalue weighted by molar-refractivity contribution is -0.111. The molecule has 3 aromatic heterocycles. The minimum Gasteiger partial charge on any atom is -0.494 e. The minimum absolute atomic E-state index is 0.162. The number of fused-ring (bicyclic) bond motifs is 1. The second-order valence-electron chi connectivity index (χ2n) is 10.3. The molecule has 2 saturated heterocycles. The summed E-state index contributed by atoms with van der Waals surface area (Å²) in [4.78, 5) is 26.4. The van der Waals surface area contributed by atoms with E-state index in [1.807, 2.05) is 36.5 Å². The Morgan fingerprint density at radius 2 is 2.08 bits per heavy atom. The van der Waals surface area contributed by atoms with Gasteiger partial charge in [-0.2, -0.15) is 5.10 Å². The average molecular weight is 559 g/mol. The number of rotatable bonds is 7. The van der Waals surface area contributed by atoms with Crippen LogP contribution < -0.4 is 20.3 Å². The smallest absolute Gasteiger partial charge is 0.247 e. The molecule has 40 heavy (non-hydrogen) atoms. The molecule has 1 amide bonds. The number of pyridine rings is 1. The Balaban J connectivity index is 1.36. The number of benzene rings is 1. The molecule has 4 aromatic rings. The van der Waals surface area contributed by atoms with Crippen LogP contribution in [0.1, 0.15) is 19.3 Å². The topological polar surface area (TPSA) is 99.9 Å². The van der Waals surface area contributed by atoms with Crippen molar-refractivity contribution in [1.29, 1.82) is 0 Å². The highest BCUT2D eigenvalue weighted by molar-refractivity contribution is 6.33. The molecular weight excluding hydrogens is 528 g/mol. The molecule has 0 bridgehead atoms. The number of methoxy groups -OCH3 is 1. The van der Waals surface area contributed by atoms with E-state index in [1.165, 1.54) is 18.9 Å². The van der Waals surface area contributed by atoms with Crippen molar-refractivity contribution in [3.05, 3.63) is 66.6 Å². The molecule has 6 rings (SSSR count). The number of aromatic nitrogens is 4. The van der Waals surface area contributed by atoms with Gasteiger partial charge in [-0.1, -0.05) is 24.2 Å². The Kier molecular flexibility index (Phi) is 6.81. The fourth-order valence-corrected chi connectivity index (χ4v) is 6.08. The van der Waals surface area contributed by atoms with E-state index in [-0.39, 0.29) is 11.4 Å². The number of ether oxygens (including phenoxy) is 1. The molecule has 0 aliphatic carbocycles. The minimum atomic E-state index is -0.289. The molecule has 11 heteroatoms. The number of anilines is 4. The van der Waals surface area contributed by atoms with Gasteiger partial charge in [0.2, 0.25) is 11.9 Å². The van der Waals surface area contributed by atoms with Crippen LogP contribution in [0, 0.1) is 0 Å². The van der Waals surface area contributed by atoms with Crippen molar-refractivity contribution in [2.45, 2.75) is 24.8 Å². The van der Waals surface area contributed by atoms with E-state index in [9.17, 15) is 4.79 Å². The van der Waals surface area contributed by atoms with Crippen LogP contribution in [0.3, 0.4) is 0 Å². The number of nitrogens with one attached hydrogen (secondary N) is 2. The number of likely N-dealkylation sites (N-methyl/N-ethyl adjacent to an activating group) is 1. The molecule has 1 spiro atoms. The maximum absolute atomic E-state index is 12.4. The van der Waals surface area contributed by atoms with Gasteiger partial charge in [0.15, 0.2) is 0 Å². The van der Waals surface area contributed by atoms with Crippen LogP contribution in [0.2, 0.25) is 5.02 Å². The van der Waals surface area contributed by atoms with Gasteiger partial charge in [0.1, 0.15) is 5.75 Å². The SMILES string of the molecule is C=CC(=O)Nc1cc(Nc2ncc(Cl)c(-c3cnn4ccccc34)n2)c(OC)cc1N1CC[C@@]2(CCCN2C)C1. The molecule has 2 fully saturated rings. The summed E-state index contributed by atoms with van der Waals surface area (Å²) in [5.41, 5.74) is 4.54. The summed E-state index contributed by atoms with van der Waals surface area (Å²) in [6.07, 6.45) is 9.88. The summed E-state index contributed by atoms with van der Waals surface area (Å²) in [5.74, 6) is 0.639. The lowest BCUT2D eigenvalue weighted by Crippen LogP contribution is -2.43. The third-order valence-corrected chi connectivity index (χ3v) is 8.33. The highest BCUT2D eigenvalue weighted by atomic mass is 35.5. The normalized spacial score (nSPS) is 18.9. The largest absolute Gasteiger partial charge is 0.494 e. The van der Waals surface area contributed by atoms with E-state index in [2.05, 4.69) is 44.1 Å². The number of amides is 1. The number of likely N-dealkylation sites (tertiary alicyclic amines) is 1. The number of halogens is 1. The third kappa shape index (κ3) is 4.63. The van der Waals surface area contributed by atoms with Crippen molar-refractivity contribution in [2.75, 3.05) is 49.3 Å². The predicted molar refractivity (Wildman–Crippen MR) is 158 cm³/mol. The standard InChI is InChI=1S/C29H31ClN8O2/c1-4-26(39)33-21-14-22(25(40-3)15-24(21)37-13-10-29(18-37)9-7-11-36(29)2)34-28-31-17-20(30)27(35-28)19-16-32-38-12-6-5-8-23(19)38/h4-6,8,12,14-17H,1,7,9-11,13,18H2,2-3H3,(H,33,39)(H,31,34,35)/t29-/m0/s1. The van der Waals surface area contributed by atoms with Gasteiger partial charge in [-0.3, -0.25) is 9.69 Å². The molecule has 0 saturated carbocycles. The summed E-state index contributed by atoms with van der Waals surface area (Å²) >= 11 is 6.52. The predicted octanol–water partition coefficient (Wildman–Crippen LogP) is 5.00. The highest BCUT2D eigenvalue weighted by Gasteiger charge is 2.44. The molecule has 5 heterocycles. The summed E-state index contributed by atoms with van der Waals surface area (Å²) in [5, 5.41) is 11.1. The van der Waals surface area contributed by atoms with Gasteiger partial charge in [0.25, 0.3) is 0 Å². The number of hydrogen-bond acceptors (Lipinski definition) is 8. The van der Waals surface area contributed by atoms with Crippen molar-refractivity contribution in [3.63, 3.8) is 0 Å². The molecule has 2 aliphatic rings. The first-order valence-electron chi connectivity index (χ1n) is 13.2. The molecule has 206 valence electrons. The van der Waals surface area contributed by atoms with Crippen LogP contribution >= 0.6 is 11.6 Å². The number of hydrogen-bond donors (Lipinski definition) is 2. The number of carbonyl (C=O) groups excluding carboxylic acids is 1. The van der Waals surface area contributed by atoms with Gasteiger partial charge in [0, 0.05) is 36.5 Å². The van der Waals surface area contributed by atoms with Gasteiger partial charge in [-0.15, -0.1) is 0 Å². The molecule has 2 N–H and O–H groups in total. The maximum atomic E-state index is 12.4. The van der Waals surface area contributed by atoms with Crippen molar-refractivity contribution in [1.82, 2.24) is 24.5 Å². The molecule has 1 atom stereocenters. The quantitative estimate of drug-likeness (QED) is 0.306. The maximum Gasteiger partial charge on any atom is 0.247 e. The van der Waals surface area contributed by atoms with Gasteiger partial charge >= 0.3 is 0 Å². The Morgan fingerprint density at radius 1 is 1.20 bits per heavy atom. The van der Waals surface area contributed by atoms with Crippen LogP contribution in [0.15, 0.2) is 61.6 Å². The first kappa shape index (κ1) is 26.1.